The van der Waals surface area contributed by atoms with Gasteiger partial charge in [-0.15, -0.1) is 10.2 Å². The quantitative estimate of drug-likeness (QED) is 0.806. The second kappa shape index (κ2) is 6.54. The molecule has 7 nitrogen and oxygen atoms in total. The van der Waals surface area contributed by atoms with E-state index in [0.717, 1.165) is 31.3 Å². The Labute approximate surface area is 137 Å². The molecular formula is C15H23N5O2S. The number of unbranched alkanes of at least 4 members (excludes halogenated alkanes) is 1. The fourth-order valence-electron chi connectivity index (χ4n) is 3.04. The first-order valence-corrected chi connectivity index (χ1v) is 9.48. The monoisotopic (exact) mass is 337 g/mol. The molecule has 3 heterocycles. The molecule has 0 bridgehead atoms. The van der Waals surface area contributed by atoms with E-state index in [2.05, 4.69) is 17.1 Å². The Bertz CT molecular complexity index is 773. The zero-order valence-corrected chi connectivity index (χ0v) is 14.4. The number of nitrogens with zero attached hydrogens (tertiary/aromatic N) is 5. The van der Waals surface area contributed by atoms with Gasteiger partial charge in [0.1, 0.15) is 0 Å². The summed E-state index contributed by atoms with van der Waals surface area (Å²) in [6, 6.07) is 5.43. The minimum Gasteiger partial charge on any atom is -0.285 e. The van der Waals surface area contributed by atoms with Crippen LogP contribution in [0.4, 0.5) is 0 Å². The topological polar surface area (TPSA) is 70.8 Å². The van der Waals surface area contributed by atoms with Gasteiger partial charge in [-0.2, -0.15) is 17.0 Å². The van der Waals surface area contributed by atoms with Crippen LogP contribution in [0, 0.1) is 0 Å². The van der Waals surface area contributed by atoms with Crippen molar-refractivity contribution in [1.29, 1.82) is 0 Å². The van der Waals surface area contributed by atoms with Crippen LogP contribution in [-0.4, -0.2) is 51.8 Å². The Hall–Kier alpha value is -1.51. The van der Waals surface area contributed by atoms with Gasteiger partial charge in [-0.1, -0.05) is 19.4 Å². The first-order chi connectivity index (χ1) is 11.1. The van der Waals surface area contributed by atoms with Crippen molar-refractivity contribution in [3.63, 3.8) is 0 Å². The summed E-state index contributed by atoms with van der Waals surface area (Å²) < 4.78 is 30.7. The molecule has 126 valence electrons. The summed E-state index contributed by atoms with van der Waals surface area (Å²) in [5.74, 6) is 0.700. The van der Waals surface area contributed by atoms with Gasteiger partial charge in [-0.3, -0.25) is 4.40 Å². The van der Waals surface area contributed by atoms with Crippen molar-refractivity contribution in [3.8, 4) is 0 Å². The second-order valence-electron chi connectivity index (χ2n) is 5.94. The molecule has 2 aromatic rings. The zero-order valence-electron chi connectivity index (χ0n) is 13.6. The first kappa shape index (κ1) is 16.4. The maximum Gasteiger partial charge on any atom is 0.282 e. The Morgan fingerprint density at radius 1 is 1.35 bits per heavy atom. The third-order valence-electron chi connectivity index (χ3n) is 4.36. The highest BCUT2D eigenvalue weighted by molar-refractivity contribution is 7.86. The Kier molecular flexibility index (Phi) is 4.65. The third-order valence-corrected chi connectivity index (χ3v) is 6.36. The van der Waals surface area contributed by atoms with Crippen molar-refractivity contribution >= 4 is 15.9 Å². The smallest absolute Gasteiger partial charge is 0.282 e. The highest BCUT2D eigenvalue weighted by Crippen LogP contribution is 2.34. The molecule has 0 radical (unpaired) electrons. The third kappa shape index (κ3) is 2.98. The van der Waals surface area contributed by atoms with Crippen LogP contribution in [0.5, 0.6) is 0 Å². The van der Waals surface area contributed by atoms with Crippen molar-refractivity contribution in [3.05, 3.63) is 30.2 Å². The predicted molar refractivity (Wildman–Crippen MR) is 88.1 cm³/mol. The Morgan fingerprint density at radius 3 is 2.96 bits per heavy atom. The van der Waals surface area contributed by atoms with Gasteiger partial charge >= 0.3 is 0 Å². The van der Waals surface area contributed by atoms with Gasteiger partial charge in [-0.05, 0) is 31.4 Å². The number of rotatable bonds is 6. The highest BCUT2D eigenvalue weighted by Gasteiger charge is 2.39. The Morgan fingerprint density at radius 2 is 2.17 bits per heavy atom. The highest BCUT2D eigenvalue weighted by atomic mass is 32.2. The maximum atomic E-state index is 12.9. The molecule has 0 unspecified atom stereocenters. The van der Waals surface area contributed by atoms with Crippen LogP contribution in [0.2, 0.25) is 0 Å². The molecule has 1 atom stereocenters. The second-order valence-corrected chi connectivity index (χ2v) is 7.93. The normalized spacial score (nSPS) is 19.9. The van der Waals surface area contributed by atoms with Gasteiger partial charge in [0.25, 0.3) is 10.2 Å². The number of hydrogen-bond acceptors (Lipinski definition) is 4. The standard InChI is InChI=1S/C15H23N5O2S/c1-3-4-10-18(2)23(21,22)20-12-7-8-13(20)15-17-16-14-9-5-6-11-19(14)15/h5-6,9,11,13H,3-4,7-8,10,12H2,1-2H3/t13-/m0/s1. The molecule has 3 rings (SSSR count). The van der Waals surface area contributed by atoms with E-state index in [9.17, 15) is 8.42 Å². The van der Waals surface area contributed by atoms with Crippen LogP contribution in [0.25, 0.3) is 5.65 Å². The number of pyridine rings is 1. The lowest BCUT2D eigenvalue weighted by Crippen LogP contribution is -2.42. The number of aromatic nitrogens is 3. The molecule has 1 saturated heterocycles. The van der Waals surface area contributed by atoms with Gasteiger partial charge in [0.2, 0.25) is 0 Å². The van der Waals surface area contributed by atoms with Crippen molar-refractivity contribution in [2.75, 3.05) is 20.1 Å². The zero-order chi connectivity index (χ0) is 16.4. The predicted octanol–water partition coefficient (Wildman–Crippen LogP) is 1.84. The molecule has 2 aromatic heterocycles. The van der Waals surface area contributed by atoms with Crippen LogP contribution in [0.15, 0.2) is 24.4 Å². The average Bonchev–Trinajstić information content (AvgIpc) is 3.18. The molecule has 0 aromatic carbocycles. The maximum absolute atomic E-state index is 12.9. The Balaban J connectivity index is 1.91. The number of fused-ring (bicyclic) bond motifs is 1. The summed E-state index contributed by atoms with van der Waals surface area (Å²) in [5.41, 5.74) is 0.742. The van der Waals surface area contributed by atoms with Crippen LogP contribution in [0.1, 0.15) is 44.5 Å². The summed E-state index contributed by atoms with van der Waals surface area (Å²) in [5, 5.41) is 8.40. The molecule has 0 aliphatic carbocycles. The van der Waals surface area contributed by atoms with Crippen molar-refractivity contribution in [1.82, 2.24) is 23.2 Å². The fourth-order valence-corrected chi connectivity index (χ4v) is 4.64. The van der Waals surface area contributed by atoms with Gasteiger partial charge < -0.3 is 0 Å². The van der Waals surface area contributed by atoms with Crippen molar-refractivity contribution < 1.29 is 8.42 Å². The van der Waals surface area contributed by atoms with Gasteiger partial charge in [0.05, 0.1) is 6.04 Å². The van der Waals surface area contributed by atoms with Crippen LogP contribution in [0.3, 0.4) is 0 Å². The lowest BCUT2D eigenvalue weighted by atomic mass is 10.2. The molecule has 0 spiro atoms. The van der Waals surface area contributed by atoms with Crippen LogP contribution >= 0.6 is 0 Å². The van der Waals surface area contributed by atoms with Gasteiger partial charge in [-0.25, -0.2) is 0 Å². The number of hydrogen-bond donors (Lipinski definition) is 0. The molecule has 1 fully saturated rings. The van der Waals surface area contributed by atoms with E-state index >= 15 is 0 Å². The molecule has 0 saturated carbocycles. The minimum absolute atomic E-state index is 0.249. The molecular weight excluding hydrogens is 314 g/mol. The molecule has 0 amide bonds. The molecule has 1 aliphatic heterocycles. The summed E-state index contributed by atoms with van der Waals surface area (Å²) in [4.78, 5) is 0. The van der Waals surface area contributed by atoms with Crippen molar-refractivity contribution in [2.24, 2.45) is 0 Å². The van der Waals surface area contributed by atoms with Gasteiger partial charge in [0.15, 0.2) is 11.5 Å². The van der Waals surface area contributed by atoms with Gasteiger partial charge in [0, 0.05) is 26.3 Å². The summed E-state index contributed by atoms with van der Waals surface area (Å²) >= 11 is 0. The molecule has 1 aliphatic rings. The minimum atomic E-state index is -3.47. The van der Waals surface area contributed by atoms with E-state index in [1.54, 1.807) is 11.4 Å². The molecule has 0 N–H and O–H groups in total. The van der Waals surface area contributed by atoms with E-state index in [-0.39, 0.29) is 6.04 Å². The van der Waals surface area contributed by atoms with E-state index < -0.39 is 10.2 Å². The van der Waals surface area contributed by atoms with E-state index in [1.807, 2.05) is 28.8 Å². The molecule has 23 heavy (non-hydrogen) atoms. The van der Waals surface area contributed by atoms with E-state index in [1.165, 1.54) is 4.31 Å². The van der Waals surface area contributed by atoms with E-state index in [0.29, 0.717) is 18.9 Å². The summed E-state index contributed by atoms with van der Waals surface area (Å²) in [6.07, 6.45) is 5.33. The summed E-state index contributed by atoms with van der Waals surface area (Å²) in [7, 11) is -1.81. The van der Waals surface area contributed by atoms with Crippen molar-refractivity contribution in [2.45, 2.75) is 38.6 Å². The van der Waals surface area contributed by atoms with Crippen LogP contribution < -0.4 is 0 Å². The summed E-state index contributed by atoms with van der Waals surface area (Å²) in [6.45, 7) is 3.13. The lowest BCUT2D eigenvalue weighted by molar-refractivity contribution is 0.336. The lowest BCUT2D eigenvalue weighted by Gasteiger charge is -2.28. The van der Waals surface area contributed by atoms with E-state index in [4.69, 9.17) is 0 Å². The molecule has 8 heteroatoms. The first-order valence-electron chi connectivity index (χ1n) is 8.08. The average molecular weight is 337 g/mol. The SMILES string of the molecule is CCCCN(C)S(=O)(=O)N1CCC[C@H]1c1nnc2ccccn12. The fraction of sp³-hybridized carbons (Fsp3) is 0.600. The van der Waals surface area contributed by atoms with Crippen LogP contribution in [-0.2, 0) is 10.2 Å². The largest absolute Gasteiger partial charge is 0.285 e.